The summed E-state index contributed by atoms with van der Waals surface area (Å²) >= 11 is 3.51. The first kappa shape index (κ1) is 27.9. The molecule has 0 rings (SSSR count). The Morgan fingerprint density at radius 2 is 0.885 bits per heavy atom. The summed E-state index contributed by atoms with van der Waals surface area (Å²) in [5.41, 5.74) is -0.203. The van der Waals surface area contributed by atoms with E-state index in [1.807, 2.05) is 68.9 Å². The summed E-state index contributed by atoms with van der Waals surface area (Å²) in [7, 11) is 7.63. The van der Waals surface area contributed by atoms with Crippen LogP contribution in [0.5, 0.6) is 0 Å². The molecule has 0 fully saturated rings. The lowest BCUT2D eigenvalue weighted by molar-refractivity contribution is -0.0739. The van der Waals surface area contributed by atoms with Gasteiger partial charge in [0.15, 0.2) is 0 Å². The van der Waals surface area contributed by atoms with Crippen molar-refractivity contribution in [2.24, 2.45) is 0 Å². The van der Waals surface area contributed by atoms with Crippen molar-refractivity contribution in [3.05, 3.63) is 0 Å². The van der Waals surface area contributed by atoms with Gasteiger partial charge in [0, 0.05) is 37.9 Å². The van der Waals surface area contributed by atoms with Gasteiger partial charge >= 0.3 is 0 Å². The van der Waals surface area contributed by atoms with Crippen molar-refractivity contribution in [2.75, 3.05) is 49.4 Å². The van der Waals surface area contributed by atoms with Crippen molar-refractivity contribution in [2.45, 2.75) is 51.8 Å². The molecular weight excluding hydrogens is 449 g/mol. The van der Waals surface area contributed by atoms with E-state index < -0.39 is 0 Å². The van der Waals surface area contributed by atoms with Gasteiger partial charge in [-0.3, -0.25) is 0 Å². The van der Waals surface area contributed by atoms with Gasteiger partial charge in [0.25, 0.3) is 0 Å². The summed E-state index contributed by atoms with van der Waals surface area (Å²) < 4.78 is 22.1. The molecule has 0 aliphatic heterocycles. The highest BCUT2D eigenvalue weighted by atomic mass is 33.7. The van der Waals surface area contributed by atoms with Gasteiger partial charge in [-0.1, -0.05) is 21.6 Å². The summed E-state index contributed by atoms with van der Waals surface area (Å²) in [4.78, 5) is 0. The molecule has 0 atom stereocenters. The fraction of sp³-hybridized carbons (Fsp3) is 1.00. The molecule has 0 aromatic heterocycles. The summed E-state index contributed by atoms with van der Waals surface area (Å²) in [5, 5.41) is 0. The summed E-state index contributed by atoms with van der Waals surface area (Å²) in [6, 6.07) is 0. The Bertz CT molecular complexity index is 241. The molecule has 0 amide bonds. The minimum absolute atomic E-state index is 0.101. The van der Waals surface area contributed by atoms with Crippen LogP contribution in [-0.4, -0.2) is 60.7 Å². The van der Waals surface area contributed by atoms with Crippen molar-refractivity contribution in [3.8, 4) is 0 Å². The Kier molecular flexibility index (Phi) is 25.0. The maximum Gasteiger partial charge on any atom is 0.206 e. The van der Waals surface area contributed by atoms with Crippen LogP contribution in [0.4, 0.5) is 0 Å². The van der Waals surface area contributed by atoms with Crippen LogP contribution in [0.3, 0.4) is 0 Å². The smallest absolute Gasteiger partial charge is 0.206 e. The molecule has 0 radical (unpaired) electrons. The predicted octanol–water partition coefficient (Wildman–Crippen LogP) is 6.62. The molecule has 0 spiro atoms. The maximum absolute atomic E-state index is 5.52. The fourth-order valence-electron chi connectivity index (χ4n) is 1.54. The molecule has 0 saturated heterocycles. The molecule has 0 bridgehead atoms. The Morgan fingerprint density at radius 3 is 1.19 bits per heavy atom. The monoisotopic (exact) mass is 482 g/mol. The van der Waals surface area contributed by atoms with E-state index in [1.165, 1.54) is 12.8 Å². The van der Waals surface area contributed by atoms with Crippen molar-refractivity contribution in [1.29, 1.82) is 0 Å². The summed E-state index contributed by atoms with van der Waals surface area (Å²) in [6.07, 6.45) is 2.36. The number of thioether (sulfide) groups is 2. The number of hydrogen-bond acceptors (Lipinski definition) is 10. The third-order valence-electron chi connectivity index (χ3n) is 2.59. The van der Waals surface area contributed by atoms with E-state index in [0.29, 0.717) is 26.4 Å². The molecule has 0 aliphatic carbocycles. The van der Waals surface area contributed by atoms with Crippen molar-refractivity contribution >= 4 is 64.8 Å². The second-order valence-corrected chi connectivity index (χ2v) is 13.1. The van der Waals surface area contributed by atoms with E-state index >= 15 is 0 Å². The Hall–Kier alpha value is 1.94. The summed E-state index contributed by atoms with van der Waals surface area (Å²) in [6.45, 7) is 10.8. The molecule has 0 heterocycles. The van der Waals surface area contributed by atoms with E-state index in [-0.39, 0.29) is 11.2 Å². The van der Waals surface area contributed by atoms with Gasteiger partial charge in [0.2, 0.25) is 11.2 Å². The Balaban J connectivity index is 3.33. The van der Waals surface area contributed by atoms with Crippen molar-refractivity contribution < 1.29 is 18.9 Å². The molecule has 10 heteroatoms. The zero-order valence-electron chi connectivity index (χ0n) is 16.3. The lowest BCUT2D eigenvalue weighted by atomic mass is 10.6. The maximum atomic E-state index is 5.52. The van der Waals surface area contributed by atoms with Crippen LogP contribution in [0.2, 0.25) is 0 Å². The fourth-order valence-corrected chi connectivity index (χ4v) is 9.98. The molecule has 4 nitrogen and oxygen atoms in total. The molecule has 0 saturated carbocycles. The van der Waals surface area contributed by atoms with Crippen LogP contribution in [0.15, 0.2) is 0 Å². The molecule has 0 N–H and O–H groups in total. The summed E-state index contributed by atoms with van der Waals surface area (Å²) in [5.74, 6) is 4.48. The van der Waals surface area contributed by atoms with Gasteiger partial charge < -0.3 is 18.9 Å². The molecule has 0 unspecified atom stereocenters. The third-order valence-corrected chi connectivity index (χ3v) is 11.4. The van der Waals surface area contributed by atoms with Crippen LogP contribution in [0.25, 0.3) is 0 Å². The predicted molar refractivity (Wildman–Crippen MR) is 128 cm³/mol. The minimum Gasteiger partial charge on any atom is -0.344 e. The van der Waals surface area contributed by atoms with E-state index in [0.717, 1.165) is 23.0 Å². The highest BCUT2D eigenvalue weighted by Gasteiger charge is 2.08. The second-order valence-electron chi connectivity index (χ2n) is 4.63. The number of hydrogen-bond donors (Lipinski definition) is 0. The third kappa shape index (κ3) is 19.3. The molecule has 158 valence electrons. The normalized spacial score (nSPS) is 11.8. The number of ether oxygens (including phenoxy) is 4. The number of rotatable bonds is 21. The Morgan fingerprint density at radius 1 is 0.538 bits per heavy atom. The SMILES string of the molecule is CCOC(OCC)SCCCSSSSCCCSC(OCC)OCC. The zero-order valence-corrected chi connectivity index (χ0v) is 21.2. The van der Waals surface area contributed by atoms with Gasteiger partial charge in [-0.05, 0) is 71.7 Å². The van der Waals surface area contributed by atoms with Crippen LogP contribution in [-0.2, 0) is 18.9 Å². The van der Waals surface area contributed by atoms with Crippen LogP contribution < -0.4 is 0 Å². The topological polar surface area (TPSA) is 36.9 Å². The first-order valence-electron chi connectivity index (χ1n) is 9.05. The highest BCUT2D eigenvalue weighted by Crippen LogP contribution is 2.43. The highest BCUT2D eigenvalue weighted by molar-refractivity contribution is 9.26. The van der Waals surface area contributed by atoms with Crippen molar-refractivity contribution in [3.63, 3.8) is 0 Å². The minimum atomic E-state index is -0.101. The second kappa shape index (κ2) is 23.2. The van der Waals surface area contributed by atoms with E-state index in [1.54, 1.807) is 23.5 Å². The average molecular weight is 483 g/mol. The van der Waals surface area contributed by atoms with Crippen LogP contribution in [0.1, 0.15) is 40.5 Å². The van der Waals surface area contributed by atoms with Gasteiger partial charge in [-0.2, -0.15) is 0 Å². The molecule has 26 heavy (non-hydrogen) atoms. The van der Waals surface area contributed by atoms with Crippen molar-refractivity contribution in [1.82, 2.24) is 0 Å². The van der Waals surface area contributed by atoms with Gasteiger partial charge in [0.05, 0.1) is 0 Å². The lowest BCUT2D eigenvalue weighted by Crippen LogP contribution is -2.13. The molecule has 0 aromatic rings. The van der Waals surface area contributed by atoms with Gasteiger partial charge in [-0.15, -0.1) is 23.5 Å². The van der Waals surface area contributed by atoms with E-state index in [2.05, 4.69) is 0 Å². The molecule has 0 aromatic carbocycles. The largest absolute Gasteiger partial charge is 0.344 e. The zero-order chi connectivity index (χ0) is 19.3. The van der Waals surface area contributed by atoms with Crippen LogP contribution in [0, 0.1) is 0 Å². The molecular formula is C16H34O4S6. The first-order chi connectivity index (χ1) is 12.8. The van der Waals surface area contributed by atoms with E-state index in [9.17, 15) is 0 Å². The van der Waals surface area contributed by atoms with Gasteiger partial charge in [0.1, 0.15) is 0 Å². The average Bonchev–Trinajstić information content (AvgIpc) is 2.63. The van der Waals surface area contributed by atoms with Crippen LogP contribution >= 0.6 is 64.8 Å². The Labute approximate surface area is 184 Å². The quantitative estimate of drug-likeness (QED) is 0.101. The molecule has 0 aliphatic rings. The lowest BCUT2D eigenvalue weighted by Gasteiger charge is -2.15. The van der Waals surface area contributed by atoms with E-state index in [4.69, 9.17) is 18.9 Å². The van der Waals surface area contributed by atoms with Gasteiger partial charge in [-0.25, -0.2) is 0 Å². The standard InChI is InChI=1S/C16H34O4S6/c1-5-17-15(18-6-2)21-11-9-13-23-25-26-24-14-10-12-22-16(19-7-3)20-8-4/h15-16H,5-14H2,1-4H3. The first-order valence-corrected chi connectivity index (χ1v) is 16.3.